The van der Waals surface area contributed by atoms with Gasteiger partial charge < -0.3 is 15.2 Å². The van der Waals surface area contributed by atoms with Crippen LogP contribution in [0.4, 0.5) is 0 Å². The van der Waals surface area contributed by atoms with Crippen molar-refractivity contribution in [2.75, 3.05) is 19.9 Å². The number of hydrogen-bond acceptors (Lipinski definition) is 5. The highest BCUT2D eigenvalue weighted by Gasteiger charge is 2.35. The number of aryl methyl sites for hydroxylation is 1. The number of halogens is 1. The number of nitrogens with zero attached hydrogens (tertiary/aromatic N) is 1. The van der Waals surface area contributed by atoms with E-state index in [-0.39, 0.29) is 36.1 Å². The van der Waals surface area contributed by atoms with Gasteiger partial charge in [0.25, 0.3) is 0 Å². The summed E-state index contributed by atoms with van der Waals surface area (Å²) in [5.74, 6) is 1.30. The SMILES string of the molecule is Cc1cc2c(cc1S(=O)(=O)N1CCC(C(C)N)C1)OCO2.Cl. The average molecular weight is 349 g/mol. The van der Waals surface area contributed by atoms with Crippen LogP contribution in [-0.4, -0.2) is 38.6 Å². The van der Waals surface area contributed by atoms with Crippen LogP contribution in [0.1, 0.15) is 18.9 Å². The molecule has 124 valence electrons. The Balaban J connectivity index is 0.00000176. The lowest BCUT2D eigenvalue weighted by Crippen LogP contribution is -2.33. The molecule has 0 saturated carbocycles. The van der Waals surface area contributed by atoms with Crippen LogP contribution in [-0.2, 0) is 10.0 Å². The minimum Gasteiger partial charge on any atom is -0.454 e. The Bertz CT molecular complexity index is 663. The molecule has 2 unspecified atom stereocenters. The molecule has 1 fully saturated rings. The third kappa shape index (κ3) is 2.90. The molecule has 2 aliphatic heterocycles. The van der Waals surface area contributed by atoms with E-state index in [1.807, 2.05) is 6.92 Å². The summed E-state index contributed by atoms with van der Waals surface area (Å²) in [6, 6.07) is 3.28. The molecule has 0 bridgehead atoms. The molecular weight excluding hydrogens is 328 g/mol. The summed E-state index contributed by atoms with van der Waals surface area (Å²) in [4.78, 5) is 0.289. The van der Waals surface area contributed by atoms with Crippen molar-refractivity contribution in [1.82, 2.24) is 4.31 Å². The summed E-state index contributed by atoms with van der Waals surface area (Å²) >= 11 is 0. The summed E-state index contributed by atoms with van der Waals surface area (Å²) in [6.07, 6.45) is 0.806. The van der Waals surface area contributed by atoms with Gasteiger partial charge in [-0.15, -0.1) is 12.4 Å². The van der Waals surface area contributed by atoms with Crippen LogP contribution in [0, 0.1) is 12.8 Å². The summed E-state index contributed by atoms with van der Waals surface area (Å²) in [5.41, 5.74) is 6.56. The average Bonchev–Trinajstić information content (AvgIpc) is 3.06. The van der Waals surface area contributed by atoms with E-state index >= 15 is 0 Å². The number of fused-ring (bicyclic) bond motifs is 1. The number of benzene rings is 1. The fraction of sp³-hybridized carbons (Fsp3) is 0.571. The van der Waals surface area contributed by atoms with Crippen LogP contribution in [0.5, 0.6) is 11.5 Å². The molecular formula is C14H21ClN2O4S. The number of hydrogen-bond donors (Lipinski definition) is 1. The first-order valence-corrected chi connectivity index (χ1v) is 8.49. The van der Waals surface area contributed by atoms with Crippen molar-refractivity contribution in [3.63, 3.8) is 0 Å². The monoisotopic (exact) mass is 348 g/mol. The number of ether oxygens (including phenoxy) is 2. The molecule has 8 heteroatoms. The van der Waals surface area contributed by atoms with E-state index in [1.54, 1.807) is 19.1 Å². The minimum atomic E-state index is -3.52. The van der Waals surface area contributed by atoms with E-state index in [1.165, 1.54) is 4.31 Å². The smallest absolute Gasteiger partial charge is 0.243 e. The first-order chi connectivity index (χ1) is 9.89. The summed E-state index contributed by atoms with van der Waals surface area (Å²) in [5, 5.41) is 0. The van der Waals surface area contributed by atoms with E-state index in [2.05, 4.69) is 0 Å². The maximum absolute atomic E-state index is 12.8. The first-order valence-electron chi connectivity index (χ1n) is 7.05. The Morgan fingerprint density at radius 3 is 2.55 bits per heavy atom. The highest BCUT2D eigenvalue weighted by atomic mass is 35.5. The van der Waals surface area contributed by atoms with Crippen molar-refractivity contribution in [2.45, 2.75) is 31.2 Å². The van der Waals surface area contributed by atoms with Gasteiger partial charge in [0.2, 0.25) is 16.8 Å². The van der Waals surface area contributed by atoms with Crippen molar-refractivity contribution in [3.05, 3.63) is 17.7 Å². The second-order valence-electron chi connectivity index (χ2n) is 5.74. The predicted molar refractivity (Wildman–Crippen MR) is 85.1 cm³/mol. The van der Waals surface area contributed by atoms with Gasteiger partial charge in [-0.2, -0.15) is 4.31 Å². The third-order valence-electron chi connectivity index (χ3n) is 4.22. The number of rotatable bonds is 3. The third-order valence-corrected chi connectivity index (χ3v) is 6.23. The lowest BCUT2D eigenvalue weighted by Gasteiger charge is -2.19. The summed E-state index contributed by atoms with van der Waals surface area (Å²) in [7, 11) is -3.52. The minimum absolute atomic E-state index is 0. The van der Waals surface area contributed by atoms with Crippen molar-refractivity contribution in [3.8, 4) is 11.5 Å². The fourth-order valence-electron chi connectivity index (χ4n) is 2.84. The molecule has 0 amide bonds. The Morgan fingerprint density at radius 1 is 1.32 bits per heavy atom. The maximum atomic E-state index is 12.8. The number of sulfonamides is 1. The summed E-state index contributed by atoms with van der Waals surface area (Å²) in [6.45, 7) is 4.83. The van der Waals surface area contributed by atoms with Crippen LogP contribution >= 0.6 is 12.4 Å². The standard InChI is InChI=1S/C14H20N2O4S.ClH/c1-9-5-12-13(20-8-19-12)6-14(9)21(17,18)16-4-3-11(7-16)10(2)15;/h5-6,10-11H,3-4,7-8,15H2,1-2H3;1H. The zero-order chi connectivity index (χ0) is 15.2. The van der Waals surface area contributed by atoms with Gasteiger partial charge >= 0.3 is 0 Å². The van der Waals surface area contributed by atoms with Crippen molar-refractivity contribution in [2.24, 2.45) is 11.7 Å². The van der Waals surface area contributed by atoms with Gasteiger partial charge in [-0.05, 0) is 37.8 Å². The van der Waals surface area contributed by atoms with E-state index in [4.69, 9.17) is 15.2 Å². The molecule has 0 spiro atoms. The molecule has 0 aliphatic carbocycles. The van der Waals surface area contributed by atoms with Gasteiger partial charge in [-0.25, -0.2) is 8.42 Å². The van der Waals surface area contributed by atoms with Crippen molar-refractivity contribution in [1.29, 1.82) is 0 Å². The second-order valence-corrected chi connectivity index (χ2v) is 7.65. The van der Waals surface area contributed by atoms with Crippen LogP contribution in [0.15, 0.2) is 17.0 Å². The molecule has 0 radical (unpaired) electrons. The van der Waals surface area contributed by atoms with Gasteiger partial charge in [-0.3, -0.25) is 0 Å². The topological polar surface area (TPSA) is 81.9 Å². The van der Waals surface area contributed by atoms with Crippen LogP contribution in [0.2, 0.25) is 0 Å². The molecule has 2 N–H and O–H groups in total. The number of nitrogens with two attached hydrogens (primary N) is 1. The molecule has 3 rings (SSSR count). The highest BCUT2D eigenvalue weighted by molar-refractivity contribution is 7.89. The highest BCUT2D eigenvalue weighted by Crippen LogP contribution is 2.37. The van der Waals surface area contributed by atoms with E-state index < -0.39 is 10.0 Å². The lowest BCUT2D eigenvalue weighted by molar-refractivity contribution is 0.174. The van der Waals surface area contributed by atoms with Crippen molar-refractivity contribution >= 4 is 22.4 Å². The van der Waals surface area contributed by atoms with Gasteiger partial charge in [0, 0.05) is 25.2 Å². The maximum Gasteiger partial charge on any atom is 0.243 e. The van der Waals surface area contributed by atoms with Gasteiger partial charge in [0.15, 0.2) is 11.5 Å². The quantitative estimate of drug-likeness (QED) is 0.895. The molecule has 6 nitrogen and oxygen atoms in total. The largest absolute Gasteiger partial charge is 0.454 e. The second kappa shape index (κ2) is 6.23. The molecule has 0 aromatic heterocycles. The van der Waals surface area contributed by atoms with Gasteiger partial charge in [0.05, 0.1) is 4.90 Å². The fourth-order valence-corrected chi connectivity index (χ4v) is 4.58. The van der Waals surface area contributed by atoms with Crippen LogP contribution in [0.3, 0.4) is 0 Å². The van der Waals surface area contributed by atoms with Crippen LogP contribution < -0.4 is 15.2 Å². The zero-order valence-corrected chi connectivity index (χ0v) is 14.2. The summed E-state index contributed by atoms with van der Waals surface area (Å²) < 4.78 is 37.7. The molecule has 22 heavy (non-hydrogen) atoms. The molecule has 1 aromatic rings. The molecule has 2 heterocycles. The van der Waals surface area contributed by atoms with Gasteiger partial charge in [0.1, 0.15) is 0 Å². The predicted octanol–water partition coefficient (Wildman–Crippen LogP) is 1.50. The van der Waals surface area contributed by atoms with Crippen molar-refractivity contribution < 1.29 is 17.9 Å². The first kappa shape index (κ1) is 17.3. The Hall–Kier alpha value is -1.02. The molecule has 2 atom stereocenters. The lowest BCUT2D eigenvalue weighted by atomic mass is 10.0. The van der Waals surface area contributed by atoms with E-state index in [0.29, 0.717) is 30.2 Å². The molecule has 2 aliphatic rings. The Labute approximate surface area is 137 Å². The molecule has 1 aromatic carbocycles. The van der Waals surface area contributed by atoms with Gasteiger partial charge in [-0.1, -0.05) is 0 Å². The Kier molecular flexibility index (Phi) is 4.91. The zero-order valence-electron chi connectivity index (χ0n) is 12.6. The normalized spacial score (nSPS) is 22.4. The molecule has 1 saturated heterocycles. The Morgan fingerprint density at radius 2 is 1.95 bits per heavy atom. The van der Waals surface area contributed by atoms with E-state index in [9.17, 15) is 8.42 Å². The van der Waals surface area contributed by atoms with E-state index in [0.717, 1.165) is 6.42 Å². The van der Waals surface area contributed by atoms with Crippen LogP contribution in [0.25, 0.3) is 0 Å².